The van der Waals surface area contributed by atoms with Gasteiger partial charge in [0.1, 0.15) is 0 Å². The van der Waals surface area contributed by atoms with E-state index in [-0.39, 0.29) is 37.5 Å². The van der Waals surface area contributed by atoms with Crippen molar-refractivity contribution >= 4 is 21.1 Å². The Morgan fingerprint density at radius 2 is 1.46 bits per heavy atom. The lowest BCUT2D eigenvalue weighted by molar-refractivity contribution is -0.143. The van der Waals surface area contributed by atoms with Gasteiger partial charge in [0.05, 0.1) is 17.7 Å². The fourth-order valence-electron chi connectivity index (χ4n) is 4.62. The molecular weight excluding hydrogens is 533 g/mol. The van der Waals surface area contributed by atoms with E-state index in [2.05, 4.69) is 5.32 Å². The van der Waals surface area contributed by atoms with E-state index < -0.39 is 46.5 Å². The van der Waals surface area contributed by atoms with Crippen LogP contribution < -0.4 is 5.32 Å². The number of halogens is 8. The van der Waals surface area contributed by atoms with Gasteiger partial charge in [-0.25, -0.2) is 8.78 Å². The minimum atomic E-state index is -5.05. The zero-order valence-electron chi connectivity index (χ0n) is 19.8. The fraction of sp³-hybridized carbons (Fsp3) is 0.652. The number of piperidine rings is 2. The highest BCUT2D eigenvalue weighted by molar-refractivity contribution is 7.18. The second kappa shape index (κ2) is 11.4. The minimum Gasteiger partial charge on any atom is -0.352 e. The van der Waals surface area contributed by atoms with Crippen LogP contribution in [-0.2, 0) is 17.1 Å². The van der Waals surface area contributed by atoms with Crippen molar-refractivity contribution in [2.24, 2.45) is 11.8 Å². The number of carbonyl (C=O) groups is 2. The topological polar surface area (TPSA) is 52.7 Å². The molecule has 14 heteroatoms. The predicted octanol–water partition coefficient (Wildman–Crippen LogP) is 4.87. The van der Waals surface area contributed by atoms with Gasteiger partial charge >= 0.3 is 12.4 Å². The van der Waals surface area contributed by atoms with Gasteiger partial charge in [-0.2, -0.15) is 26.3 Å². The standard InChI is InChI=1S/C23H28F8N3O2P/c24-21(25,26)17-8-15(9-18(10-17)22(27,28)29)20(36)32-11-14-3-6-34(7-4-14)19(35)13-33-5-1-2-16(12-33)23(30,31)37/h8-10,14,16H,1-7,11-13,37H2,(H,32,36). The molecule has 208 valence electrons. The molecule has 2 amide bonds. The van der Waals surface area contributed by atoms with Crippen molar-refractivity contribution in [2.75, 3.05) is 39.3 Å². The second-order valence-corrected chi connectivity index (χ2v) is 10.3. The van der Waals surface area contributed by atoms with Crippen LogP contribution in [0.4, 0.5) is 35.1 Å². The Hall–Kier alpha value is -2.01. The Morgan fingerprint density at radius 1 is 0.892 bits per heavy atom. The third kappa shape index (κ3) is 8.24. The molecule has 0 spiro atoms. The monoisotopic (exact) mass is 561 g/mol. The molecule has 2 saturated heterocycles. The normalized spacial score (nSPS) is 20.7. The molecule has 0 saturated carbocycles. The van der Waals surface area contributed by atoms with Crippen LogP contribution in [0.25, 0.3) is 0 Å². The Bertz CT molecular complexity index is 940. The van der Waals surface area contributed by atoms with E-state index in [1.54, 1.807) is 19.0 Å². The number of carbonyl (C=O) groups excluding carboxylic acids is 2. The predicted molar refractivity (Wildman–Crippen MR) is 122 cm³/mol. The summed E-state index contributed by atoms with van der Waals surface area (Å²) in [5, 5.41) is 2.40. The van der Waals surface area contributed by atoms with Crippen LogP contribution >= 0.6 is 9.24 Å². The maximum atomic E-state index is 13.6. The lowest BCUT2D eigenvalue weighted by Crippen LogP contribution is -2.48. The summed E-state index contributed by atoms with van der Waals surface area (Å²) in [7, 11) is 1.56. The fourth-order valence-corrected chi connectivity index (χ4v) is 4.89. The first-order valence-electron chi connectivity index (χ1n) is 11.8. The number of alkyl halides is 8. The summed E-state index contributed by atoms with van der Waals surface area (Å²) in [4.78, 5) is 28.3. The zero-order valence-corrected chi connectivity index (χ0v) is 20.9. The van der Waals surface area contributed by atoms with Gasteiger partial charge in [-0.05, 0) is 56.3 Å². The zero-order chi connectivity index (χ0) is 27.6. The number of hydrogen-bond donors (Lipinski definition) is 1. The molecule has 1 N–H and O–H groups in total. The minimum absolute atomic E-state index is 0.0233. The molecule has 2 heterocycles. The van der Waals surface area contributed by atoms with E-state index in [4.69, 9.17) is 0 Å². The summed E-state index contributed by atoms with van der Waals surface area (Å²) in [5.74, 6) is -2.21. The highest BCUT2D eigenvalue weighted by atomic mass is 31.0. The molecule has 2 aliphatic heterocycles. The van der Waals surface area contributed by atoms with Crippen LogP contribution in [0.5, 0.6) is 0 Å². The van der Waals surface area contributed by atoms with E-state index in [1.165, 1.54) is 0 Å². The molecule has 0 aliphatic carbocycles. The third-order valence-corrected chi connectivity index (χ3v) is 7.25. The van der Waals surface area contributed by atoms with Crippen molar-refractivity contribution in [3.05, 3.63) is 34.9 Å². The Balaban J connectivity index is 1.50. The van der Waals surface area contributed by atoms with Gasteiger partial charge < -0.3 is 10.2 Å². The molecule has 5 nitrogen and oxygen atoms in total. The van der Waals surface area contributed by atoms with Crippen molar-refractivity contribution in [3.63, 3.8) is 0 Å². The molecule has 3 rings (SSSR count). The van der Waals surface area contributed by atoms with Gasteiger partial charge in [-0.15, -0.1) is 0 Å². The van der Waals surface area contributed by atoms with Crippen molar-refractivity contribution in [1.82, 2.24) is 15.1 Å². The lowest BCUT2D eigenvalue weighted by Gasteiger charge is -2.37. The summed E-state index contributed by atoms with van der Waals surface area (Å²) >= 11 is 0. The highest BCUT2D eigenvalue weighted by Crippen LogP contribution is 2.38. The van der Waals surface area contributed by atoms with Crippen LogP contribution in [0.15, 0.2) is 18.2 Å². The van der Waals surface area contributed by atoms with Crippen LogP contribution in [0.2, 0.25) is 0 Å². The summed E-state index contributed by atoms with van der Waals surface area (Å²) in [6.45, 7) is 1.41. The Labute approximate surface area is 211 Å². The van der Waals surface area contributed by atoms with Crippen LogP contribution in [0.3, 0.4) is 0 Å². The lowest BCUT2D eigenvalue weighted by atomic mass is 9.96. The molecular formula is C23H28F8N3O2P. The number of nitrogens with one attached hydrogen (secondary N) is 1. The smallest absolute Gasteiger partial charge is 0.352 e. The van der Waals surface area contributed by atoms with Crippen molar-refractivity contribution in [3.8, 4) is 0 Å². The van der Waals surface area contributed by atoms with E-state index in [0.717, 1.165) is 0 Å². The summed E-state index contributed by atoms with van der Waals surface area (Å²) in [6.07, 6.45) is -8.22. The molecule has 37 heavy (non-hydrogen) atoms. The third-order valence-electron chi connectivity index (χ3n) is 6.78. The van der Waals surface area contributed by atoms with Gasteiger partial charge in [0.15, 0.2) is 0 Å². The highest BCUT2D eigenvalue weighted by Gasteiger charge is 2.39. The average Bonchev–Trinajstić information content (AvgIpc) is 2.81. The maximum absolute atomic E-state index is 13.6. The van der Waals surface area contributed by atoms with E-state index >= 15 is 0 Å². The van der Waals surface area contributed by atoms with Crippen molar-refractivity contribution in [2.45, 2.75) is 43.7 Å². The first-order valence-corrected chi connectivity index (χ1v) is 12.4. The summed E-state index contributed by atoms with van der Waals surface area (Å²) in [5.41, 5.74) is -6.78. The van der Waals surface area contributed by atoms with Gasteiger partial charge in [-0.1, -0.05) is 9.24 Å². The molecule has 1 aromatic rings. The first-order chi connectivity index (χ1) is 17.0. The molecule has 0 bridgehead atoms. The molecule has 2 unspecified atom stereocenters. The summed E-state index contributed by atoms with van der Waals surface area (Å²) < 4.78 is 105. The largest absolute Gasteiger partial charge is 0.416 e. The van der Waals surface area contributed by atoms with Gasteiger partial charge in [0.2, 0.25) is 5.91 Å². The number of rotatable bonds is 6. The molecule has 0 radical (unpaired) electrons. The van der Waals surface area contributed by atoms with E-state index in [9.17, 15) is 44.7 Å². The second-order valence-electron chi connectivity index (χ2n) is 9.58. The number of amides is 2. The van der Waals surface area contributed by atoms with E-state index in [0.29, 0.717) is 57.5 Å². The molecule has 1 aromatic carbocycles. The Morgan fingerprint density at radius 3 is 1.97 bits per heavy atom. The first kappa shape index (κ1) is 29.5. The summed E-state index contributed by atoms with van der Waals surface area (Å²) in [6, 6.07) is 0.717. The van der Waals surface area contributed by atoms with Gasteiger partial charge in [0.25, 0.3) is 11.6 Å². The molecule has 2 atom stereocenters. The van der Waals surface area contributed by atoms with Crippen LogP contribution in [0, 0.1) is 11.8 Å². The Kier molecular flexibility index (Phi) is 9.09. The van der Waals surface area contributed by atoms with Gasteiger partial charge in [-0.3, -0.25) is 14.5 Å². The SMILES string of the molecule is O=C(NCC1CCN(C(=O)CN2CCCC(C(F)(F)P)C2)CC1)c1cc(C(F)(F)F)cc(C(F)(F)F)c1. The van der Waals surface area contributed by atoms with Crippen molar-refractivity contribution < 1.29 is 44.7 Å². The van der Waals surface area contributed by atoms with E-state index in [1.807, 2.05) is 0 Å². The number of nitrogens with zero attached hydrogens (tertiary/aromatic N) is 2. The number of likely N-dealkylation sites (tertiary alicyclic amines) is 2. The molecule has 0 aromatic heterocycles. The van der Waals surface area contributed by atoms with Gasteiger partial charge in [0, 0.05) is 37.7 Å². The maximum Gasteiger partial charge on any atom is 0.416 e. The van der Waals surface area contributed by atoms with Crippen LogP contribution in [0.1, 0.15) is 47.2 Å². The average molecular weight is 561 g/mol. The quantitative estimate of drug-likeness (QED) is 0.399. The number of benzene rings is 1. The van der Waals surface area contributed by atoms with Crippen molar-refractivity contribution in [1.29, 1.82) is 0 Å². The van der Waals surface area contributed by atoms with Crippen LogP contribution in [-0.4, -0.2) is 66.5 Å². The molecule has 2 aliphatic rings. The number of hydrogen-bond acceptors (Lipinski definition) is 3. The molecule has 2 fully saturated rings.